The summed E-state index contributed by atoms with van der Waals surface area (Å²) in [6, 6.07) is 12.6. The number of rotatable bonds is 10. The van der Waals surface area contributed by atoms with Crippen LogP contribution in [-0.2, 0) is 11.0 Å². The van der Waals surface area contributed by atoms with E-state index in [0.29, 0.717) is 22.8 Å². The zero-order chi connectivity index (χ0) is 30.4. The molecule has 1 aromatic heterocycles. The third-order valence-electron chi connectivity index (χ3n) is 5.76. The Hall–Kier alpha value is -5.13. The average molecular weight is 587 g/mol. The summed E-state index contributed by atoms with van der Waals surface area (Å²) >= 11 is 0. The molecule has 0 amide bonds. The molecule has 0 atom stereocenters. The minimum absolute atomic E-state index is 0.0964. The van der Waals surface area contributed by atoms with Crippen molar-refractivity contribution < 1.29 is 50.8 Å². The van der Waals surface area contributed by atoms with Gasteiger partial charge in [-0.3, -0.25) is 4.79 Å². The number of hydrogen-bond donors (Lipinski definition) is 0. The molecule has 0 saturated heterocycles. The second-order valence-corrected chi connectivity index (χ2v) is 8.44. The lowest BCUT2D eigenvalue weighted by molar-refractivity contribution is -0.154. The molecule has 9 nitrogen and oxygen atoms in total. The van der Waals surface area contributed by atoms with Gasteiger partial charge in [-0.05, 0) is 55.0 Å². The molecule has 0 spiro atoms. The van der Waals surface area contributed by atoms with Gasteiger partial charge in [0.05, 0.1) is 33.3 Å². The SMILES string of the molecule is CCOc1ccccc1Oc1c(C(F)(F)F)oc2cc(OC(=O)/C=C/c3cc(OC)c(OC)c(OC)c3)ccc2c1=O. The number of alkyl halides is 3. The summed E-state index contributed by atoms with van der Waals surface area (Å²) in [6.07, 6.45) is -2.58. The number of benzene rings is 3. The molecular formula is C30H25F3O9. The van der Waals surface area contributed by atoms with Gasteiger partial charge >= 0.3 is 12.1 Å². The van der Waals surface area contributed by atoms with Gasteiger partial charge in [-0.25, -0.2) is 4.79 Å². The number of fused-ring (bicyclic) bond motifs is 1. The fraction of sp³-hybridized carbons (Fsp3) is 0.200. The second kappa shape index (κ2) is 12.6. The summed E-state index contributed by atoms with van der Waals surface area (Å²) in [5, 5.41) is -0.223. The zero-order valence-corrected chi connectivity index (χ0v) is 22.9. The van der Waals surface area contributed by atoms with Crippen LogP contribution in [0.4, 0.5) is 13.2 Å². The first-order valence-electron chi connectivity index (χ1n) is 12.4. The van der Waals surface area contributed by atoms with E-state index in [-0.39, 0.29) is 29.2 Å². The summed E-state index contributed by atoms with van der Waals surface area (Å²) in [6.45, 7) is 1.91. The maximum atomic E-state index is 14.0. The van der Waals surface area contributed by atoms with Crippen molar-refractivity contribution in [3.8, 4) is 40.2 Å². The Morgan fingerprint density at radius 1 is 0.881 bits per heavy atom. The molecule has 0 aliphatic rings. The molecule has 4 aromatic rings. The molecule has 0 N–H and O–H groups in total. The van der Waals surface area contributed by atoms with Gasteiger partial charge in [0.15, 0.2) is 23.0 Å². The summed E-state index contributed by atoms with van der Waals surface area (Å²) < 4.78 is 78.8. The van der Waals surface area contributed by atoms with E-state index in [1.165, 1.54) is 57.7 Å². The van der Waals surface area contributed by atoms with Gasteiger partial charge in [0.25, 0.3) is 5.76 Å². The molecule has 12 heteroatoms. The van der Waals surface area contributed by atoms with Crippen molar-refractivity contribution in [2.45, 2.75) is 13.1 Å². The van der Waals surface area contributed by atoms with Crippen molar-refractivity contribution in [3.05, 3.63) is 82.2 Å². The van der Waals surface area contributed by atoms with Crippen LogP contribution >= 0.6 is 0 Å². The molecule has 220 valence electrons. The number of methoxy groups -OCH3 is 3. The number of carbonyl (C=O) groups is 1. The van der Waals surface area contributed by atoms with Crippen LogP contribution < -0.4 is 33.8 Å². The summed E-state index contributed by atoms with van der Waals surface area (Å²) in [5.41, 5.74) is -1.02. The molecule has 0 bridgehead atoms. The van der Waals surface area contributed by atoms with E-state index in [0.717, 1.165) is 12.1 Å². The second-order valence-electron chi connectivity index (χ2n) is 8.44. The normalized spacial score (nSPS) is 11.4. The first-order chi connectivity index (χ1) is 20.1. The quantitative estimate of drug-likeness (QED) is 0.115. The lowest BCUT2D eigenvalue weighted by atomic mass is 10.1. The zero-order valence-electron chi connectivity index (χ0n) is 22.9. The van der Waals surface area contributed by atoms with E-state index >= 15 is 0 Å². The maximum absolute atomic E-state index is 14.0. The Kier molecular flexibility index (Phi) is 8.94. The Labute approximate surface area is 237 Å². The van der Waals surface area contributed by atoms with Crippen molar-refractivity contribution in [1.82, 2.24) is 0 Å². The summed E-state index contributed by atoms with van der Waals surface area (Å²) in [7, 11) is 4.33. The lowest BCUT2D eigenvalue weighted by Crippen LogP contribution is -2.16. The van der Waals surface area contributed by atoms with E-state index in [2.05, 4.69) is 0 Å². The highest BCUT2D eigenvalue weighted by Crippen LogP contribution is 2.41. The van der Waals surface area contributed by atoms with Gasteiger partial charge in [-0.15, -0.1) is 0 Å². The van der Waals surface area contributed by atoms with Crippen LogP contribution in [0, 0.1) is 0 Å². The first kappa shape index (κ1) is 29.8. The Morgan fingerprint density at radius 2 is 1.55 bits per heavy atom. The molecule has 0 aliphatic heterocycles. The van der Waals surface area contributed by atoms with Gasteiger partial charge in [-0.2, -0.15) is 13.2 Å². The van der Waals surface area contributed by atoms with E-state index in [1.807, 2.05) is 0 Å². The van der Waals surface area contributed by atoms with Crippen molar-refractivity contribution in [2.75, 3.05) is 27.9 Å². The van der Waals surface area contributed by atoms with Gasteiger partial charge < -0.3 is 32.8 Å². The van der Waals surface area contributed by atoms with Crippen LogP contribution in [0.1, 0.15) is 18.2 Å². The highest BCUT2D eigenvalue weighted by Gasteiger charge is 2.40. The van der Waals surface area contributed by atoms with Crippen LogP contribution in [0.25, 0.3) is 17.0 Å². The molecule has 0 unspecified atom stereocenters. The summed E-state index contributed by atoms with van der Waals surface area (Å²) in [5.74, 6) is -2.59. The van der Waals surface area contributed by atoms with Crippen molar-refractivity contribution in [2.24, 2.45) is 0 Å². The standard InChI is InChI=1S/C30H25F3O9/c1-5-39-20-8-6-7-9-21(20)41-28-26(35)19-12-11-18(16-22(19)42-29(28)30(31,32)33)40-25(34)13-10-17-14-23(36-2)27(38-4)24(15-17)37-3/h6-16H,5H2,1-4H3/b13-10+. The van der Waals surface area contributed by atoms with E-state index in [9.17, 15) is 22.8 Å². The Balaban J connectivity index is 1.65. The number of para-hydroxylation sites is 2. The van der Waals surface area contributed by atoms with Crippen LogP contribution in [0.2, 0.25) is 0 Å². The fourth-order valence-electron chi connectivity index (χ4n) is 3.93. The van der Waals surface area contributed by atoms with Crippen molar-refractivity contribution >= 4 is 23.0 Å². The smallest absolute Gasteiger partial charge is 0.453 e. The van der Waals surface area contributed by atoms with Crippen LogP contribution in [-0.4, -0.2) is 33.9 Å². The van der Waals surface area contributed by atoms with Gasteiger partial charge in [0, 0.05) is 12.1 Å². The predicted molar refractivity (Wildman–Crippen MR) is 146 cm³/mol. The van der Waals surface area contributed by atoms with Crippen LogP contribution in [0.5, 0.6) is 40.2 Å². The van der Waals surface area contributed by atoms with Gasteiger partial charge in [0.1, 0.15) is 11.3 Å². The molecular weight excluding hydrogens is 561 g/mol. The molecule has 1 heterocycles. The largest absolute Gasteiger partial charge is 0.493 e. The number of ether oxygens (including phenoxy) is 6. The molecule has 0 saturated carbocycles. The van der Waals surface area contributed by atoms with Gasteiger partial charge in [0.2, 0.25) is 16.9 Å². The number of halogens is 3. The van der Waals surface area contributed by atoms with Crippen LogP contribution in [0.15, 0.2) is 69.9 Å². The third-order valence-corrected chi connectivity index (χ3v) is 5.76. The third kappa shape index (κ3) is 6.43. The summed E-state index contributed by atoms with van der Waals surface area (Å²) in [4.78, 5) is 25.6. The molecule has 42 heavy (non-hydrogen) atoms. The number of carbonyl (C=O) groups excluding carboxylic acids is 1. The predicted octanol–water partition coefficient (Wildman–Crippen LogP) is 6.65. The minimum Gasteiger partial charge on any atom is -0.493 e. The monoisotopic (exact) mass is 586 g/mol. The Morgan fingerprint density at radius 3 is 2.14 bits per heavy atom. The number of hydrogen-bond acceptors (Lipinski definition) is 9. The maximum Gasteiger partial charge on any atom is 0.453 e. The minimum atomic E-state index is -5.08. The first-order valence-corrected chi connectivity index (χ1v) is 12.4. The highest BCUT2D eigenvalue weighted by atomic mass is 19.4. The lowest BCUT2D eigenvalue weighted by Gasteiger charge is -2.15. The molecule has 0 radical (unpaired) electrons. The molecule has 0 fully saturated rings. The Bertz CT molecular complexity index is 1670. The average Bonchev–Trinajstić information content (AvgIpc) is 2.97. The van der Waals surface area contributed by atoms with E-state index in [1.54, 1.807) is 25.1 Å². The molecule has 0 aliphatic carbocycles. The van der Waals surface area contributed by atoms with Gasteiger partial charge in [-0.1, -0.05) is 12.1 Å². The number of esters is 1. The fourth-order valence-corrected chi connectivity index (χ4v) is 3.93. The van der Waals surface area contributed by atoms with Crippen molar-refractivity contribution in [3.63, 3.8) is 0 Å². The van der Waals surface area contributed by atoms with Crippen molar-refractivity contribution in [1.29, 1.82) is 0 Å². The van der Waals surface area contributed by atoms with E-state index < -0.39 is 34.7 Å². The highest BCUT2D eigenvalue weighted by molar-refractivity contribution is 5.90. The van der Waals surface area contributed by atoms with E-state index in [4.69, 9.17) is 32.8 Å². The molecule has 3 aromatic carbocycles. The van der Waals surface area contributed by atoms with Crippen LogP contribution in [0.3, 0.4) is 0 Å². The topological polar surface area (TPSA) is 103 Å². The molecule has 4 rings (SSSR count).